The third-order valence-corrected chi connectivity index (χ3v) is 5.05. The number of aryl methyl sites for hydroxylation is 1. The Hall–Kier alpha value is -2.93. The van der Waals surface area contributed by atoms with Crippen LogP contribution in [0, 0.1) is 0 Å². The fraction of sp³-hybridized carbons (Fsp3) is 0.350. The van der Waals surface area contributed by atoms with Crippen LogP contribution in [0.5, 0.6) is 0 Å². The van der Waals surface area contributed by atoms with E-state index in [0.717, 1.165) is 26.1 Å². The van der Waals surface area contributed by atoms with Crippen molar-refractivity contribution in [2.24, 2.45) is 7.05 Å². The van der Waals surface area contributed by atoms with E-state index in [1.807, 2.05) is 48.5 Å². The molecule has 1 aliphatic rings. The van der Waals surface area contributed by atoms with Gasteiger partial charge in [0.25, 0.3) is 5.91 Å². The SMILES string of the molecule is Cn1cccc1C(=O)NCC[C@H]1CN(Cc2ccncc2)Cc2ccnn21. The van der Waals surface area contributed by atoms with E-state index in [2.05, 4.69) is 43.2 Å². The van der Waals surface area contributed by atoms with Gasteiger partial charge in [-0.15, -0.1) is 0 Å². The molecule has 0 unspecified atom stereocenters. The monoisotopic (exact) mass is 364 g/mol. The zero-order valence-electron chi connectivity index (χ0n) is 15.5. The Bertz CT molecular complexity index is 900. The maximum atomic E-state index is 12.3. The van der Waals surface area contributed by atoms with Crippen molar-refractivity contribution in [3.8, 4) is 0 Å². The van der Waals surface area contributed by atoms with Crippen molar-refractivity contribution in [3.05, 3.63) is 72.1 Å². The highest BCUT2D eigenvalue weighted by molar-refractivity contribution is 5.92. The Morgan fingerprint density at radius 3 is 2.85 bits per heavy atom. The van der Waals surface area contributed by atoms with Gasteiger partial charge in [-0.05, 0) is 42.3 Å². The molecule has 0 aliphatic carbocycles. The Kier molecular flexibility index (Phi) is 5.02. The molecule has 0 bridgehead atoms. The molecule has 1 atom stereocenters. The molecule has 1 aliphatic heterocycles. The number of nitrogens with zero attached hydrogens (tertiary/aromatic N) is 5. The lowest BCUT2D eigenvalue weighted by molar-refractivity contribution is 0.0939. The van der Waals surface area contributed by atoms with E-state index in [4.69, 9.17) is 0 Å². The van der Waals surface area contributed by atoms with Gasteiger partial charge in [-0.3, -0.25) is 19.4 Å². The summed E-state index contributed by atoms with van der Waals surface area (Å²) < 4.78 is 3.94. The third kappa shape index (κ3) is 3.93. The molecule has 3 aromatic rings. The van der Waals surface area contributed by atoms with E-state index in [1.54, 1.807) is 0 Å². The van der Waals surface area contributed by atoms with E-state index in [-0.39, 0.29) is 11.9 Å². The summed E-state index contributed by atoms with van der Waals surface area (Å²) in [5, 5.41) is 7.54. The molecular formula is C20H24N6O. The van der Waals surface area contributed by atoms with Gasteiger partial charge in [0.2, 0.25) is 0 Å². The summed E-state index contributed by atoms with van der Waals surface area (Å²) in [6.45, 7) is 3.31. The van der Waals surface area contributed by atoms with Gasteiger partial charge in [-0.1, -0.05) is 0 Å². The van der Waals surface area contributed by atoms with Gasteiger partial charge in [0.05, 0.1) is 11.7 Å². The van der Waals surface area contributed by atoms with Crippen molar-refractivity contribution in [2.45, 2.75) is 25.6 Å². The highest BCUT2D eigenvalue weighted by atomic mass is 16.1. The maximum absolute atomic E-state index is 12.3. The molecule has 7 nitrogen and oxygen atoms in total. The first kappa shape index (κ1) is 17.5. The van der Waals surface area contributed by atoms with Crippen molar-refractivity contribution < 1.29 is 4.79 Å². The second kappa shape index (κ2) is 7.75. The fourth-order valence-corrected chi connectivity index (χ4v) is 3.68. The average Bonchev–Trinajstić information content (AvgIpc) is 3.31. The minimum atomic E-state index is -0.0346. The molecule has 0 fully saturated rings. The number of hydrogen-bond donors (Lipinski definition) is 1. The molecule has 0 saturated carbocycles. The number of fused-ring (bicyclic) bond motifs is 1. The van der Waals surface area contributed by atoms with Crippen LogP contribution in [0.15, 0.2) is 55.1 Å². The molecular weight excluding hydrogens is 340 g/mol. The minimum absolute atomic E-state index is 0.0346. The molecule has 0 radical (unpaired) electrons. The predicted molar refractivity (Wildman–Crippen MR) is 102 cm³/mol. The van der Waals surface area contributed by atoms with E-state index in [1.165, 1.54) is 11.3 Å². The molecule has 0 saturated heterocycles. The summed E-state index contributed by atoms with van der Waals surface area (Å²) in [4.78, 5) is 18.8. The normalized spacial score (nSPS) is 16.9. The lowest BCUT2D eigenvalue weighted by Crippen LogP contribution is -2.39. The smallest absolute Gasteiger partial charge is 0.267 e. The van der Waals surface area contributed by atoms with Crippen LogP contribution in [0.4, 0.5) is 0 Å². The topological polar surface area (TPSA) is 68.0 Å². The standard InChI is InChI=1S/C20H24N6O/c1-24-12-2-3-19(24)20(27)22-10-6-17-14-25(13-16-4-8-21-9-5-16)15-18-7-11-23-26(17)18/h2-5,7-9,11-12,17H,6,10,13-15H2,1H3,(H,22,27)/t17-/m0/s1. The van der Waals surface area contributed by atoms with E-state index < -0.39 is 0 Å². The quantitative estimate of drug-likeness (QED) is 0.726. The number of hydrogen-bond acceptors (Lipinski definition) is 4. The van der Waals surface area contributed by atoms with Crippen molar-refractivity contribution in [1.82, 2.24) is 29.5 Å². The van der Waals surface area contributed by atoms with Crippen LogP contribution in [0.3, 0.4) is 0 Å². The van der Waals surface area contributed by atoms with E-state index in [0.29, 0.717) is 12.2 Å². The average molecular weight is 364 g/mol. The minimum Gasteiger partial charge on any atom is -0.351 e. The Morgan fingerprint density at radius 2 is 2.07 bits per heavy atom. The first-order valence-corrected chi connectivity index (χ1v) is 9.24. The van der Waals surface area contributed by atoms with Crippen molar-refractivity contribution in [3.63, 3.8) is 0 Å². The summed E-state index contributed by atoms with van der Waals surface area (Å²) in [5.41, 5.74) is 3.15. The molecule has 0 spiro atoms. The first-order chi connectivity index (χ1) is 13.2. The molecule has 3 aromatic heterocycles. The zero-order chi connectivity index (χ0) is 18.6. The van der Waals surface area contributed by atoms with Crippen molar-refractivity contribution in [1.29, 1.82) is 0 Å². The second-order valence-electron chi connectivity index (χ2n) is 6.99. The summed E-state index contributed by atoms with van der Waals surface area (Å²) in [6, 6.07) is 10.1. The van der Waals surface area contributed by atoms with Gasteiger partial charge >= 0.3 is 0 Å². The largest absolute Gasteiger partial charge is 0.351 e. The maximum Gasteiger partial charge on any atom is 0.267 e. The summed E-state index contributed by atoms with van der Waals surface area (Å²) >= 11 is 0. The van der Waals surface area contributed by atoms with Crippen LogP contribution in [0.2, 0.25) is 0 Å². The lowest BCUT2D eigenvalue weighted by Gasteiger charge is -2.34. The summed E-state index contributed by atoms with van der Waals surface area (Å²) in [6.07, 6.45) is 8.25. The van der Waals surface area contributed by atoms with Crippen LogP contribution in [0.25, 0.3) is 0 Å². The highest BCUT2D eigenvalue weighted by Gasteiger charge is 2.25. The molecule has 1 N–H and O–H groups in total. The molecule has 140 valence electrons. The molecule has 4 rings (SSSR count). The number of pyridine rings is 1. The van der Waals surface area contributed by atoms with Crippen molar-refractivity contribution in [2.75, 3.05) is 13.1 Å². The molecule has 7 heteroatoms. The second-order valence-corrected chi connectivity index (χ2v) is 6.99. The predicted octanol–water partition coefficient (Wildman–Crippen LogP) is 1.99. The van der Waals surface area contributed by atoms with Gasteiger partial charge in [0.15, 0.2) is 0 Å². The highest BCUT2D eigenvalue weighted by Crippen LogP contribution is 2.24. The molecule has 1 amide bonds. The van der Waals surface area contributed by atoms with Gasteiger partial charge in [-0.25, -0.2) is 0 Å². The van der Waals surface area contributed by atoms with Gasteiger partial charge in [-0.2, -0.15) is 5.10 Å². The van der Waals surface area contributed by atoms with Gasteiger partial charge in [0, 0.05) is 58.0 Å². The summed E-state index contributed by atoms with van der Waals surface area (Å²) in [7, 11) is 1.88. The molecule has 27 heavy (non-hydrogen) atoms. The Labute approximate surface area is 158 Å². The lowest BCUT2D eigenvalue weighted by atomic mass is 10.1. The van der Waals surface area contributed by atoms with Crippen molar-refractivity contribution >= 4 is 5.91 Å². The number of carbonyl (C=O) groups excluding carboxylic acids is 1. The third-order valence-electron chi connectivity index (χ3n) is 5.05. The fourth-order valence-electron chi connectivity index (χ4n) is 3.68. The number of carbonyl (C=O) groups is 1. The van der Waals surface area contributed by atoms with Crippen LogP contribution in [-0.4, -0.2) is 43.2 Å². The van der Waals surface area contributed by atoms with Crippen LogP contribution in [-0.2, 0) is 20.1 Å². The number of amides is 1. The van der Waals surface area contributed by atoms with Gasteiger partial charge < -0.3 is 9.88 Å². The van der Waals surface area contributed by atoms with E-state index >= 15 is 0 Å². The summed E-state index contributed by atoms with van der Waals surface area (Å²) in [5.74, 6) is -0.0346. The molecule has 0 aromatic carbocycles. The van der Waals surface area contributed by atoms with Crippen LogP contribution < -0.4 is 5.32 Å². The Morgan fingerprint density at radius 1 is 1.22 bits per heavy atom. The number of rotatable bonds is 6. The number of nitrogens with one attached hydrogen (secondary N) is 1. The number of aromatic nitrogens is 4. The first-order valence-electron chi connectivity index (χ1n) is 9.24. The zero-order valence-corrected chi connectivity index (χ0v) is 15.5. The van der Waals surface area contributed by atoms with Crippen LogP contribution in [0.1, 0.15) is 34.2 Å². The van der Waals surface area contributed by atoms with Gasteiger partial charge in [0.1, 0.15) is 5.69 Å². The van der Waals surface area contributed by atoms with E-state index in [9.17, 15) is 4.79 Å². The molecule has 4 heterocycles. The Balaban J connectivity index is 1.38. The van der Waals surface area contributed by atoms with Crippen LogP contribution >= 0.6 is 0 Å².